The molecule has 122 valence electrons. The highest BCUT2D eigenvalue weighted by atomic mass is 35.5. The van der Waals surface area contributed by atoms with Crippen molar-refractivity contribution in [3.05, 3.63) is 57.8 Å². The summed E-state index contributed by atoms with van der Waals surface area (Å²) in [5.41, 5.74) is -0.562. The number of anilines is 1. The average Bonchev–Trinajstić information content (AvgIpc) is 2.43. The zero-order valence-corrected chi connectivity index (χ0v) is 12.9. The second-order valence-corrected chi connectivity index (χ2v) is 5.24. The Morgan fingerprint density at radius 3 is 2.35 bits per heavy atom. The fourth-order valence-electron chi connectivity index (χ4n) is 1.84. The molecule has 2 rings (SSSR count). The fourth-order valence-corrected chi connectivity index (χ4v) is 2.30. The van der Waals surface area contributed by atoms with E-state index in [9.17, 15) is 18.0 Å². The van der Waals surface area contributed by atoms with Crippen LogP contribution in [0.1, 0.15) is 11.1 Å². The van der Waals surface area contributed by atoms with Crippen molar-refractivity contribution in [2.45, 2.75) is 12.7 Å². The topological polar surface area (TPSA) is 54.0 Å². The number of hydrogen-bond acceptors (Lipinski definition) is 2. The Bertz CT molecular complexity index is 702. The van der Waals surface area contributed by atoms with Crippen molar-refractivity contribution >= 4 is 34.9 Å². The van der Waals surface area contributed by atoms with Crippen molar-refractivity contribution in [2.75, 3.05) is 5.32 Å². The molecule has 0 saturated heterocycles. The summed E-state index contributed by atoms with van der Waals surface area (Å²) in [5.74, 6) is 0. The second kappa shape index (κ2) is 7.06. The summed E-state index contributed by atoms with van der Waals surface area (Å²) in [4.78, 5) is 15.5. The molecular formula is C14H10Cl2F3N3O. The van der Waals surface area contributed by atoms with Gasteiger partial charge in [0.05, 0.1) is 5.56 Å². The number of amides is 2. The third-order valence-corrected chi connectivity index (χ3v) is 3.17. The first kappa shape index (κ1) is 17.4. The molecule has 0 saturated carbocycles. The van der Waals surface area contributed by atoms with Gasteiger partial charge in [-0.3, -0.25) is 0 Å². The summed E-state index contributed by atoms with van der Waals surface area (Å²) in [6.45, 7) is -0.284. The van der Waals surface area contributed by atoms with E-state index in [1.54, 1.807) is 0 Å². The van der Waals surface area contributed by atoms with E-state index in [2.05, 4.69) is 15.6 Å². The van der Waals surface area contributed by atoms with E-state index in [0.29, 0.717) is 0 Å². The third kappa shape index (κ3) is 5.01. The van der Waals surface area contributed by atoms with Gasteiger partial charge in [-0.15, -0.1) is 0 Å². The minimum absolute atomic E-state index is 0.0408. The predicted octanol–water partition coefficient (Wildman–Crippen LogP) is 4.73. The number of pyridine rings is 1. The van der Waals surface area contributed by atoms with Crippen LogP contribution >= 0.6 is 23.2 Å². The van der Waals surface area contributed by atoms with Crippen LogP contribution in [0.2, 0.25) is 10.3 Å². The molecule has 1 heterocycles. The lowest BCUT2D eigenvalue weighted by Crippen LogP contribution is -2.29. The van der Waals surface area contributed by atoms with Crippen LogP contribution in [0, 0.1) is 0 Å². The molecular weight excluding hydrogens is 354 g/mol. The van der Waals surface area contributed by atoms with Crippen LogP contribution in [0.4, 0.5) is 23.7 Å². The van der Waals surface area contributed by atoms with Gasteiger partial charge < -0.3 is 10.6 Å². The van der Waals surface area contributed by atoms with Gasteiger partial charge in [0.15, 0.2) is 0 Å². The number of nitrogens with zero attached hydrogens (tertiary/aromatic N) is 1. The number of carbonyl (C=O) groups is 1. The smallest absolute Gasteiger partial charge is 0.334 e. The molecule has 2 N–H and O–H groups in total. The van der Waals surface area contributed by atoms with Crippen molar-refractivity contribution < 1.29 is 18.0 Å². The van der Waals surface area contributed by atoms with E-state index in [0.717, 1.165) is 6.07 Å². The molecule has 0 radical (unpaired) electrons. The van der Waals surface area contributed by atoms with Crippen molar-refractivity contribution in [1.82, 2.24) is 10.3 Å². The molecule has 0 fully saturated rings. The van der Waals surface area contributed by atoms with E-state index in [4.69, 9.17) is 23.2 Å². The first-order chi connectivity index (χ1) is 10.8. The van der Waals surface area contributed by atoms with Gasteiger partial charge in [0.1, 0.15) is 10.3 Å². The molecule has 1 aromatic carbocycles. The Morgan fingerprint density at radius 2 is 1.74 bits per heavy atom. The summed E-state index contributed by atoms with van der Waals surface area (Å²) >= 11 is 11.4. The van der Waals surface area contributed by atoms with Gasteiger partial charge in [-0.05, 0) is 23.8 Å². The Balaban J connectivity index is 2.03. The average molecular weight is 364 g/mol. The third-order valence-electron chi connectivity index (χ3n) is 2.78. The number of alkyl halides is 3. The molecule has 0 unspecified atom stereocenters. The van der Waals surface area contributed by atoms with E-state index in [1.165, 1.54) is 30.3 Å². The van der Waals surface area contributed by atoms with Crippen molar-refractivity contribution in [1.29, 1.82) is 0 Å². The maximum atomic E-state index is 12.8. The minimum Gasteiger partial charge on any atom is -0.334 e. The van der Waals surface area contributed by atoms with E-state index in [1.807, 2.05) is 0 Å². The largest absolute Gasteiger partial charge is 0.416 e. The van der Waals surface area contributed by atoms with Gasteiger partial charge in [-0.1, -0.05) is 41.4 Å². The number of benzene rings is 1. The number of urea groups is 1. The highest BCUT2D eigenvalue weighted by Crippen LogP contribution is 2.31. The summed E-state index contributed by atoms with van der Waals surface area (Å²) in [6.07, 6.45) is -4.49. The number of carbonyl (C=O) groups excluding carboxylic acids is 1. The Kier molecular flexibility index (Phi) is 5.33. The molecule has 0 bridgehead atoms. The van der Waals surface area contributed by atoms with Crippen LogP contribution in [-0.2, 0) is 12.7 Å². The van der Waals surface area contributed by atoms with Crippen LogP contribution in [0.25, 0.3) is 0 Å². The molecule has 2 amide bonds. The summed E-state index contributed by atoms with van der Waals surface area (Å²) in [7, 11) is 0. The van der Waals surface area contributed by atoms with E-state index >= 15 is 0 Å². The van der Waals surface area contributed by atoms with Crippen LogP contribution in [0.15, 0.2) is 36.4 Å². The Hall–Kier alpha value is -1.99. The van der Waals surface area contributed by atoms with E-state index in [-0.39, 0.29) is 28.1 Å². The van der Waals surface area contributed by atoms with Gasteiger partial charge in [0.25, 0.3) is 0 Å². The maximum Gasteiger partial charge on any atom is 0.416 e. The quantitative estimate of drug-likeness (QED) is 0.774. The van der Waals surface area contributed by atoms with Gasteiger partial charge in [0.2, 0.25) is 0 Å². The zero-order chi connectivity index (χ0) is 17.0. The molecule has 23 heavy (non-hydrogen) atoms. The number of hydrogen-bond donors (Lipinski definition) is 2. The molecule has 0 aliphatic carbocycles. The first-order valence-electron chi connectivity index (χ1n) is 6.29. The molecule has 0 spiro atoms. The standard InChI is InChI=1S/C14H10Cl2F3N3O/c15-11-5-9(6-12(16)22-11)21-13(23)20-7-8-3-1-2-4-10(8)14(17,18)19/h1-6H,7H2,(H2,20,21,22,23). The van der Waals surface area contributed by atoms with E-state index < -0.39 is 17.8 Å². The SMILES string of the molecule is O=C(NCc1ccccc1C(F)(F)F)Nc1cc(Cl)nc(Cl)c1. The summed E-state index contributed by atoms with van der Waals surface area (Å²) in [5, 5.41) is 4.91. The molecule has 0 aliphatic rings. The fraction of sp³-hybridized carbons (Fsp3) is 0.143. The van der Waals surface area contributed by atoms with Gasteiger partial charge in [-0.2, -0.15) is 13.2 Å². The lowest BCUT2D eigenvalue weighted by molar-refractivity contribution is -0.138. The molecule has 0 atom stereocenters. The predicted molar refractivity (Wildman–Crippen MR) is 81.6 cm³/mol. The number of nitrogens with one attached hydrogen (secondary N) is 2. The number of halogens is 5. The molecule has 0 aliphatic heterocycles. The molecule has 1 aromatic heterocycles. The lowest BCUT2D eigenvalue weighted by atomic mass is 10.1. The number of aromatic nitrogens is 1. The zero-order valence-electron chi connectivity index (χ0n) is 11.4. The first-order valence-corrected chi connectivity index (χ1v) is 7.04. The minimum atomic E-state index is -4.49. The van der Waals surface area contributed by atoms with Crippen LogP contribution in [0.5, 0.6) is 0 Å². The molecule has 4 nitrogen and oxygen atoms in total. The Morgan fingerprint density at radius 1 is 1.13 bits per heavy atom. The maximum absolute atomic E-state index is 12.8. The molecule has 2 aromatic rings. The van der Waals surface area contributed by atoms with Crippen molar-refractivity contribution in [3.63, 3.8) is 0 Å². The highest BCUT2D eigenvalue weighted by molar-refractivity contribution is 6.32. The highest BCUT2D eigenvalue weighted by Gasteiger charge is 2.32. The van der Waals surface area contributed by atoms with Gasteiger partial charge in [-0.25, -0.2) is 9.78 Å². The second-order valence-electron chi connectivity index (χ2n) is 4.46. The van der Waals surface area contributed by atoms with Crippen molar-refractivity contribution in [3.8, 4) is 0 Å². The van der Waals surface area contributed by atoms with Crippen LogP contribution in [-0.4, -0.2) is 11.0 Å². The van der Waals surface area contributed by atoms with Gasteiger partial charge in [0, 0.05) is 12.2 Å². The monoisotopic (exact) mass is 363 g/mol. The van der Waals surface area contributed by atoms with Gasteiger partial charge >= 0.3 is 12.2 Å². The molecule has 9 heteroatoms. The lowest BCUT2D eigenvalue weighted by Gasteiger charge is -2.13. The summed E-state index contributed by atoms with van der Waals surface area (Å²) in [6, 6.07) is 7.02. The van der Waals surface area contributed by atoms with Crippen LogP contribution < -0.4 is 10.6 Å². The number of rotatable bonds is 3. The summed E-state index contributed by atoms with van der Waals surface area (Å²) < 4.78 is 38.5. The Labute approximate surface area is 139 Å². The normalized spacial score (nSPS) is 11.2. The van der Waals surface area contributed by atoms with Crippen LogP contribution in [0.3, 0.4) is 0 Å². The van der Waals surface area contributed by atoms with Crippen molar-refractivity contribution in [2.24, 2.45) is 0 Å².